The van der Waals surface area contributed by atoms with Gasteiger partial charge < -0.3 is 5.11 Å². The van der Waals surface area contributed by atoms with Gasteiger partial charge in [-0.05, 0) is 29.4 Å². The van der Waals surface area contributed by atoms with Gasteiger partial charge in [0.2, 0.25) is 0 Å². The number of aliphatic carboxylic acids is 1. The van der Waals surface area contributed by atoms with Crippen LogP contribution in [0.3, 0.4) is 0 Å². The second kappa shape index (κ2) is 4.17. The molecule has 0 aliphatic rings. The van der Waals surface area contributed by atoms with Crippen molar-refractivity contribution < 1.29 is 19.3 Å². The lowest BCUT2D eigenvalue weighted by atomic mass is 10.1. The van der Waals surface area contributed by atoms with Crippen molar-refractivity contribution in [3.8, 4) is 0 Å². The minimum atomic E-state index is -1.27. The topological polar surface area (TPSA) is 93.3 Å². The summed E-state index contributed by atoms with van der Waals surface area (Å²) in [5.41, 5.74) is 1.11. The van der Waals surface area contributed by atoms with Crippen LogP contribution >= 0.6 is 0 Å². The van der Waals surface area contributed by atoms with Gasteiger partial charge >= 0.3 is 5.97 Å². The molecule has 0 bridgehead atoms. The summed E-state index contributed by atoms with van der Waals surface area (Å²) in [4.78, 5) is 22.0. The van der Waals surface area contributed by atoms with Gasteiger partial charge in [0.05, 0.1) is 0 Å². The third kappa shape index (κ3) is 2.05. The minimum Gasteiger partial charge on any atom is -0.478 e. The van der Waals surface area contributed by atoms with E-state index in [1.165, 1.54) is 13.0 Å². The van der Waals surface area contributed by atoms with Gasteiger partial charge in [-0.15, -0.1) is 0 Å². The molecule has 0 spiro atoms. The summed E-state index contributed by atoms with van der Waals surface area (Å²) in [5.74, 6) is -1.79. The van der Waals surface area contributed by atoms with Gasteiger partial charge in [-0.2, -0.15) is 0 Å². The van der Waals surface area contributed by atoms with E-state index in [-0.39, 0.29) is 5.57 Å². The first-order valence-corrected chi connectivity index (χ1v) is 4.77. The summed E-state index contributed by atoms with van der Waals surface area (Å²) in [6, 6.07) is 4.99. The lowest BCUT2D eigenvalue weighted by Gasteiger charge is -1.97. The van der Waals surface area contributed by atoms with Crippen molar-refractivity contribution in [1.82, 2.24) is 10.3 Å². The van der Waals surface area contributed by atoms with Crippen LogP contribution in [0.2, 0.25) is 0 Å². The molecule has 1 N–H and O–H groups in total. The van der Waals surface area contributed by atoms with Crippen molar-refractivity contribution in [3.05, 3.63) is 29.3 Å². The van der Waals surface area contributed by atoms with E-state index in [9.17, 15) is 9.59 Å². The quantitative estimate of drug-likeness (QED) is 0.486. The number of carbonyl (C=O) groups is 2. The maximum Gasteiger partial charge on any atom is 0.339 e. The van der Waals surface area contributed by atoms with Crippen LogP contribution in [-0.4, -0.2) is 27.2 Å². The minimum absolute atomic E-state index is 0.305. The van der Waals surface area contributed by atoms with Crippen LogP contribution in [0.15, 0.2) is 28.4 Å². The van der Waals surface area contributed by atoms with E-state index in [1.807, 2.05) is 0 Å². The Morgan fingerprint density at radius 1 is 1.35 bits per heavy atom. The SMILES string of the molecule is CC(=O)C(=Cc1cccc2nonc12)C(=O)O. The maximum absolute atomic E-state index is 11.2. The van der Waals surface area contributed by atoms with Gasteiger partial charge in [0, 0.05) is 5.56 Å². The maximum atomic E-state index is 11.2. The van der Waals surface area contributed by atoms with E-state index in [0.717, 1.165) is 0 Å². The molecule has 17 heavy (non-hydrogen) atoms. The van der Waals surface area contributed by atoms with Crippen LogP contribution in [0.25, 0.3) is 17.1 Å². The first-order valence-electron chi connectivity index (χ1n) is 4.77. The van der Waals surface area contributed by atoms with Crippen molar-refractivity contribution in [1.29, 1.82) is 0 Å². The van der Waals surface area contributed by atoms with E-state index in [0.29, 0.717) is 16.6 Å². The molecule has 6 heteroatoms. The monoisotopic (exact) mass is 232 g/mol. The number of fused-ring (bicyclic) bond motifs is 1. The van der Waals surface area contributed by atoms with E-state index in [1.54, 1.807) is 18.2 Å². The van der Waals surface area contributed by atoms with Gasteiger partial charge in [-0.1, -0.05) is 12.1 Å². The van der Waals surface area contributed by atoms with Crippen LogP contribution in [-0.2, 0) is 9.59 Å². The van der Waals surface area contributed by atoms with E-state index >= 15 is 0 Å². The summed E-state index contributed by atoms with van der Waals surface area (Å²) in [6.45, 7) is 1.20. The zero-order valence-electron chi connectivity index (χ0n) is 8.88. The molecule has 0 atom stereocenters. The Morgan fingerprint density at radius 3 is 2.76 bits per heavy atom. The van der Waals surface area contributed by atoms with E-state index < -0.39 is 11.8 Å². The van der Waals surface area contributed by atoms with Gasteiger partial charge in [0.25, 0.3) is 0 Å². The van der Waals surface area contributed by atoms with Gasteiger partial charge in [0.1, 0.15) is 16.6 Å². The molecule has 0 amide bonds. The average Bonchev–Trinajstić information content (AvgIpc) is 2.73. The summed E-state index contributed by atoms with van der Waals surface area (Å²) in [5, 5.41) is 16.2. The number of nitrogens with zero attached hydrogens (tertiary/aromatic N) is 2. The lowest BCUT2D eigenvalue weighted by Crippen LogP contribution is -2.08. The van der Waals surface area contributed by atoms with Gasteiger partial charge in [-0.3, -0.25) is 4.79 Å². The fourth-order valence-corrected chi connectivity index (χ4v) is 1.41. The number of hydrogen-bond donors (Lipinski definition) is 1. The number of aromatic nitrogens is 2. The Bertz CT molecular complexity index is 611. The number of carbonyl (C=O) groups excluding carboxylic acids is 1. The highest BCUT2D eigenvalue weighted by molar-refractivity contribution is 6.19. The van der Waals surface area contributed by atoms with Crippen LogP contribution in [0.4, 0.5) is 0 Å². The molecule has 0 fully saturated rings. The smallest absolute Gasteiger partial charge is 0.339 e. The lowest BCUT2D eigenvalue weighted by molar-refractivity contribution is -0.134. The normalized spacial score (nSPS) is 11.7. The number of benzene rings is 1. The first kappa shape index (κ1) is 11.0. The predicted molar refractivity (Wildman–Crippen MR) is 58.1 cm³/mol. The summed E-state index contributed by atoms with van der Waals surface area (Å²) >= 11 is 0. The Labute approximate surface area is 95.5 Å². The molecular formula is C11H8N2O4. The standard InChI is InChI=1S/C11H8N2O4/c1-6(14)8(11(15)16)5-7-3-2-4-9-10(7)13-17-12-9/h2-5H,1H3,(H,15,16). The molecule has 86 valence electrons. The van der Waals surface area contributed by atoms with Crippen molar-refractivity contribution in [2.45, 2.75) is 6.92 Å². The Hall–Kier alpha value is -2.50. The van der Waals surface area contributed by atoms with Crippen molar-refractivity contribution in [2.75, 3.05) is 0 Å². The molecule has 1 aromatic carbocycles. The highest BCUT2D eigenvalue weighted by Crippen LogP contribution is 2.17. The number of Topliss-reactive ketones (excluding diaryl/α,β-unsaturated/α-hetero) is 1. The van der Waals surface area contributed by atoms with Crippen molar-refractivity contribution >= 4 is 28.9 Å². The van der Waals surface area contributed by atoms with Crippen LogP contribution in [0, 0.1) is 0 Å². The summed E-state index contributed by atoms with van der Waals surface area (Å²) in [7, 11) is 0. The fourth-order valence-electron chi connectivity index (χ4n) is 1.41. The fraction of sp³-hybridized carbons (Fsp3) is 0.0909. The van der Waals surface area contributed by atoms with Crippen LogP contribution < -0.4 is 0 Å². The number of rotatable bonds is 3. The first-order chi connectivity index (χ1) is 8.09. The van der Waals surface area contributed by atoms with Crippen LogP contribution in [0.5, 0.6) is 0 Å². The molecule has 6 nitrogen and oxygen atoms in total. The molecule has 1 aromatic heterocycles. The Kier molecular flexibility index (Phi) is 2.70. The number of carboxylic acid groups (broad SMARTS) is 1. The molecule has 0 saturated heterocycles. The molecule has 0 aliphatic carbocycles. The third-order valence-corrected chi connectivity index (χ3v) is 2.23. The van der Waals surface area contributed by atoms with E-state index in [4.69, 9.17) is 5.11 Å². The molecule has 0 unspecified atom stereocenters. The zero-order valence-corrected chi connectivity index (χ0v) is 8.88. The Balaban J connectivity index is 2.60. The second-order valence-electron chi connectivity index (χ2n) is 3.40. The van der Waals surface area contributed by atoms with Crippen molar-refractivity contribution in [2.24, 2.45) is 0 Å². The van der Waals surface area contributed by atoms with Crippen molar-refractivity contribution in [3.63, 3.8) is 0 Å². The van der Waals surface area contributed by atoms with Gasteiger partial charge in [0.15, 0.2) is 5.78 Å². The number of carboxylic acids is 1. The van der Waals surface area contributed by atoms with Gasteiger partial charge in [-0.25, -0.2) is 9.42 Å². The molecule has 1 heterocycles. The average molecular weight is 232 g/mol. The molecular weight excluding hydrogens is 224 g/mol. The van der Waals surface area contributed by atoms with E-state index in [2.05, 4.69) is 14.9 Å². The Morgan fingerprint density at radius 2 is 2.12 bits per heavy atom. The zero-order chi connectivity index (χ0) is 12.4. The number of hydrogen-bond acceptors (Lipinski definition) is 5. The molecule has 2 aromatic rings. The predicted octanol–water partition coefficient (Wildman–Crippen LogP) is 1.28. The molecule has 0 aliphatic heterocycles. The highest BCUT2D eigenvalue weighted by Gasteiger charge is 2.14. The molecule has 0 radical (unpaired) electrons. The molecule has 0 saturated carbocycles. The molecule has 2 rings (SSSR count). The number of ketones is 1. The summed E-state index contributed by atoms with van der Waals surface area (Å²) < 4.78 is 4.55. The summed E-state index contributed by atoms with van der Waals surface area (Å²) in [6.07, 6.45) is 1.26. The highest BCUT2D eigenvalue weighted by atomic mass is 16.6. The third-order valence-electron chi connectivity index (χ3n) is 2.23. The largest absolute Gasteiger partial charge is 0.478 e. The second-order valence-corrected chi connectivity index (χ2v) is 3.40. The van der Waals surface area contributed by atoms with Crippen LogP contribution in [0.1, 0.15) is 12.5 Å².